The summed E-state index contributed by atoms with van der Waals surface area (Å²) in [5.74, 6) is 0.458. The number of pyridine rings is 1. The summed E-state index contributed by atoms with van der Waals surface area (Å²) in [6, 6.07) is 5.93. The normalized spacial score (nSPS) is 28.1. The third-order valence-corrected chi connectivity index (χ3v) is 2.57. The van der Waals surface area contributed by atoms with Gasteiger partial charge in [-0.1, -0.05) is 6.07 Å². The van der Waals surface area contributed by atoms with Gasteiger partial charge >= 0.3 is 0 Å². The Balaban J connectivity index is 1.95. The van der Waals surface area contributed by atoms with Crippen molar-refractivity contribution < 1.29 is 5.11 Å². The van der Waals surface area contributed by atoms with Crippen LogP contribution in [0.3, 0.4) is 0 Å². The molecule has 0 saturated heterocycles. The molecule has 2 atom stereocenters. The molecule has 1 saturated carbocycles. The van der Waals surface area contributed by atoms with Gasteiger partial charge in [-0.25, -0.2) is 0 Å². The van der Waals surface area contributed by atoms with Crippen molar-refractivity contribution in [2.75, 3.05) is 0 Å². The highest BCUT2D eigenvalue weighted by molar-refractivity contribution is 5.05. The van der Waals surface area contributed by atoms with Gasteiger partial charge in [-0.05, 0) is 37.3 Å². The van der Waals surface area contributed by atoms with Gasteiger partial charge in [0.05, 0.1) is 6.10 Å². The summed E-state index contributed by atoms with van der Waals surface area (Å²) in [4.78, 5) is 4.22. The molecule has 1 aromatic heterocycles. The van der Waals surface area contributed by atoms with E-state index in [1.54, 1.807) is 6.20 Å². The SMILES string of the molecule is OC1CCC1Cc1ccccn1. The fourth-order valence-electron chi connectivity index (χ4n) is 1.58. The summed E-state index contributed by atoms with van der Waals surface area (Å²) < 4.78 is 0. The first kappa shape index (κ1) is 7.74. The topological polar surface area (TPSA) is 33.1 Å². The minimum atomic E-state index is -0.0768. The summed E-state index contributed by atoms with van der Waals surface area (Å²) >= 11 is 0. The van der Waals surface area contributed by atoms with Crippen LogP contribution in [0, 0.1) is 5.92 Å². The number of rotatable bonds is 2. The summed E-state index contributed by atoms with van der Waals surface area (Å²) in [5, 5.41) is 9.34. The third-order valence-electron chi connectivity index (χ3n) is 2.57. The van der Waals surface area contributed by atoms with Crippen LogP contribution in [0.2, 0.25) is 0 Å². The molecule has 0 bridgehead atoms. The number of aliphatic hydroxyl groups excluding tert-OH is 1. The van der Waals surface area contributed by atoms with Crippen LogP contribution < -0.4 is 0 Å². The van der Waals surface area contributed by atoms with Gasteiger partial charge in [0.15, 0.2) is 0 Å². The highest BCUT2D eigenvalue weighted by atomic mass is 16.3. The Hall–Kier alpha value is -0.890. The Morgan fingerprint density at radius 2 is 2.33 bits per heavy atom. The molecular formula is C10H13NO. The number of nitrogens with zero attached hydrogens (tertiary/aromatic N) is 1. The van der Waals surface area contributed by atoms with Crippen molar-refractivity contribution in [2.24, 2.45) is 5.92 Å². The third kappa shape index (κ3) is 1.48. The van der Waals surface area contributed by atoms with Gasteiger partial charge in [-0.15, -0.1) is 0 Å². The lowest BCUT2D eigenvalue weighted by Gasteiger charge is -2.31. The van der Waals surface area contributed by atoms with Crippen LogP contribution >= 0.6 is 0 Å². The maximum atomic E-state index is 9.34. The van der Waals surface area contributed by atoms with Gasteiger partial charge in [0, 0.05) is 11.9 Å². The lowest BCUT2D eigenvalue weighted by atomic mass is 9.79. The van der Waals surface area contributed by atoms with Crippen molar-refractivity contribution in [3.63, 3.8) is 0 Å². The molecule has 1 fully saturated rings. The lowest BCUT2D eigenvalue weighted by molar-refractivity contribution is 0.0239. The molecule has 1 heterocycles. The van der Waals surface area contributed by atoms with E-state index in [1.165, 1.54) is 0 Å². The van der Waals surface area contributed by atoms with Gasteiger partial charge in [0.1, 0.15) is 0 Å². The molecule has 0 aliphatic heterocycles. The van der Waals surface area contributed by atoms with Crippen LogP contribution in [0.4, 0.5) is 0 Å². The average Bonchev–Trinajstić information content (AvgIpc) is 2.14. The number of aromatic nitrogens is 1. The Morgan fingerprint density at radius 1 is 1.42 bits per heavy atom. The fourth-order valence-corrected chi connectivity index (χ4v) is 1.58. The van der Waals surface area contributed by atoms with Crippen molar-refractivity contribution >= 4 is 0 Å². The second-order valence-electron chi connectivity index (χ2n) is 3.43. The fraction of sp³-hybridized carbons (Fsp3) is 0.500. The van der Waals surface area contributed by atoms with Crippen molar-refractivity contribution in [3.05, 3.63) is 30.1 Å². The molecule has 12 heavy (non-hydrogen) atoms. The van der Waals surface area contributed by atoms with Crippen LogP contribution in [0.25, 0.3) is 0 Å². The Bertz CT molecular complexity index is 247. The standard InChI is InChI=1S/C10H13NO/c12-10-5-4-8(10)7-9-3-1-2-6-11-9/h1-3,6,8,10,12H,4-5,7H2. The molecule has 2 heteroatoms. The van der Waals surface area contributed by atoms with Gasteiger partial charge in [0.2, 0.25) is 0 Å². The molecule has 64 valence electrons. The predicted octanol–water partition coefficient (Wildman–Crippen LogP) is 1.40. The van der Waals surface area contributed by atoms with Gasteiger partial charge in [-0.3, -0.25) is 4.98 Å². The van der Waals surface area contributed by atoms with E-state index < -0.39 is 0 Å². The molecule has 2 nitrogen and oxygen atoms in total. The molecule has 0 spiro atoms. The van der Waals surface area contributed by atoms with E-state index >= 15 is 0 Å². The minimum absolute atomic E-state index is 0.0768. The van der Waals surface area contributed by atoms with Crippen LogP contribution in [0.5, 0.6) is 0 Å². The molecule has 1 aliphatic carbocycles. The zero-order chi connectivity index (χ0) is 8.39. The van der Waals surface area contributed by atoms with Crippen molar-refractivity contribution in [3.8, 4) is 0 Å². The summed E-state index contributed by atoms with van der Waals surface area (Å²) in [5.41, 5.74) is 1.10. The first-order chi connectivity index (χ1) is 5.86. The van der Waals surface area contributed by atoms with Crippen molar-refractivity contribution in [1.29, 1.82) is 0 Å². The van der Waals surface area contributed by atoms with E-state index in [-0.39, 0.29) is 6.10 Å². The van der Waals surface area contributed by atoms with E-state index in [0.29, 0.717) is 5.92 Å². The maximum absolute atomic E-state index is 9.34. The molecule has 1 aliphatic rings. The summed E-state index contributed by atoms with van der Waals surface area (Å²) in [6.45, 7) is 0. The van der Waals surface area contributed by atoms with Gasteiger partial charge in [0.25, 0.3) is 0 Å². The van der Waals surface area contributed by atoms with Crippen LogP contribution in [0.15, 0.2) is 24.4 Å². The number of aliphatic hydroxyl groups is 1. The van der Waals surface area contributed by atoms with E-state index in [9.17, 15) is 5.11 Å². The quantitative estimate of drug-likeness (QED) is 0.714. The molecule has 1 N–H and O–H groups in total. The van der Waals surface area contributed by atoms with E-state index in [2.05, 4.69) is 4.98 Å². The van der Waals surface area contributed by atoms with E-state index in [1.807, 2.05) is 18.2 Å². The van der Waals surface area contributed by atoms with Gasteiger partial charge < -0.3 is 5.11 Å². The van der Waals surface area contributed by atoms with Crippen molar-refractivity contribution in [2.45, 2.75) is 25.4 Å². The monoisotopic (exact) mass is 163 g/mol. The van der Waals surface area contributed by atoms with E-state index in [0.717, 1.165) is 25.0 Å². The minimum Gasteiger partial charge on any atom is -0.393 e. The molecular weight excluding hydrogens is 150 g/mol. The molecule has 0 aromatic carbocycles. The Morgan fingerprint density at radius 3 is 2.83 bits per heavy atom. The predicted molar refractivity (Wildman–Crippen MR) is 46.7 cm³/mol. The zero-order valence-corrected chi connectivity index (χ0v) is 6.98. The average molecular weight is 163 g/mol. The zero-order valence-electron chi connectivity index (χ0n) is 6.98. The van der Waals surface area contributed by atoms with E-state index in [4.69, 9.17) is 0 Å². The highest BCUT2D eigenvalue weighted by Crippen LogP contribution is 2.29. The largest absolute Gasteiger partial charge is 0.393 e. The first-order valence-corrected chi connectivity index (χ1v) is 4.44. The van der Waals surface area contributed by atoms with Crippen LogP contribution in [-0.4, -0.2) is 16.2 Å². The lowest BCUT2D eigenvalue weighted by Crippen LogP contribution is -2.32. The van der Waals surface area contributed by atoms with Crippen molar-refractivity contribution in [1.82, 2.24) is 4.98 Å². The molecule has 1 aromatic rings. The Kier molecular flexibility index (Phi) is 2.09. The molecule has 2 rings (SSSR count). The van der Waals surface area contributed by atoms with Gasteiger partial charge in [-0.2, -0.15) is 0 Å². The molecule has 0 amide bonds. The smallest absolute Gasteiger partial charge is 0.0572 e. The second-order valence-corrected chi connectivity index (χ2v) is 3.43. The summed E-state index contributed by atoms with van der Waals surface area (Å²) in [6.07, 6.45) is 4.78. The number of hydrogen-bond donors (Lipinski definition) is 1. The number of hydrogen-bond acceptors (Lipinski definition) is 2. The molecule has 2 unspecified atom stereocenters. The van der Waals surface area contributed by atoms with Crippen LogP contribution in [-0.2, 0) is 6.42 Å². The van der Waals surface area contributed by atoms with Crippen LogP contribution in [0.1, 0.15) is 18.5 Å². The Labute approximate surface area is 72.3 Å². The first-order valence-electron chi connectivity index (χ1n) is 4.44. The maximum Gasteiger partial charge on any atom is 0.0572 e. The molecule has 0 radical (unpaired) electrons. The summed E-state index contributed by atoms with van der Waals surface area (Å²) in [7, 11) is 0. The highest BCUT2D eigenvalue weighted by Gasteiger charge is 2.28. The second kappa shape index (κ2) is 3.23.